The lowest BCUT2D eigenvalue weighted by Crippen LogP contribution is -2.39. The van der Waals surface area contributed by atoms with Gasteiger partial charge in [-0.25, -0.2) is 4.98 Å². The van der Waals surface area contributed by atoms with Crippen LogP contribution >= 0.6 is 69.3 Å². The van der Waals surface area contributed by atoms with E-state index in [1.165, 1.54) is 0 Å². The average Bonchev–Trinajstić information content (AvgIpc) is 3.36. The van der Waals surface area contributed by atoms with Gasteiger partial charge in [0.1, 0.15) is 24.5 Å². The van der Waals surface area contributed by atoms with Gasteiger partial charge < -0.3 is 19.1 Å². The number of rotatable bonds is 16. The second kappa shape index (κ2) is 18.4. The summed E-state index contributed by atoms with van der Waals surface area (Å²) in [6, 6.07) is 15.4. The number of thiazole rings is 1. The van der Waals surface area contributed by atoms with E-state index in [0.29, 0.717) is 62.7 Å². The van der Waals surface area contributed by atoms with Gasteiger partial charge in [0.2, 0.25) is 10.2 Å². The van der Waals surface area contributed by atoms with Gasteiger partial charge in [-0.15, -0.1) is 10.2 Å². The number of carbonyl (C=O) groups is 1. The third kappa shape index (κ3) is 12.6. The molecule has 0 N–H and O–H groups in total. The zero-order chi connectivity index (χ0) is 38.2. The number of hydrogen-bond donors (Lipinski definition) is 0. The van der Waals surface area contributed by atoms with Crippen LogP contribution in [0.15, 0.2) is 64.8 Å². The van der Waals surface area contributed by atoms with Crippen molar-refractivity contribution in [3.05, 3.63) is 91.0 Å². The molecular weight excluding hydrogens is 821 g/mol. The average molecular weight is 849 g/mol. The van der Waals surface area contributed by atoms with Crippen molar-refractivity contribution in [3.63, 3.8) is 0 Å². The summed E-state index contributed by atoms with van der Waals surface area (Å²) in [5, 5.41) is 8.79. The first-order valence-electron chi connectivity index (χ1n) is 15.1. The Kier molecular flexibility index (Phi) is 14.8. The van der Waals surface area contributed by atoms with Gasteiger partial charge >= 0.3 is 18.1 Å². The van der Waals surface area contributed by atoms with Crippen LogP contribution in [0.3, 0.4) is 0 Å². The summed E-state index contributed by atoms with van der Waals surface area (Å²) in [6.07, 6.45) is -8.19. The van der Waals surface area contributed by atoms with Gasteiger partial charge in [-0.1, -0.05) is 83.2 Å². The maximum atomic E-state index is 13.3. The Morgan fingerprint density at radius 1 is 0.846 bits per heavy atom. The Labute approximate surface area is 324 Å². The fourth-order valence-corrected chi connectivity index (χ4v) is 6.49. The molecule has 0 unspecified atom stereocenters. The minimum atomic E-state index is -5.94. The molecule has 280 valence electrons. The Bertz CT molecular complexity index is 1800. The van der Waals surface area contributed by atoms with Crippen LogP contribution in [0, 0.1) is 5.92 Å². The summed E-state index contributed by atoms with van der Waals surface area (Å²) in [5.74, 6) is -6.59. The van der Waals surface area contributed by atoms with Crippen molar-refractivity contribution in [1.29, 1.82) is 0 Å². The van der Waals surface area contributed by atoms with E-state index in [1.807, 2.05) is 18.7 Å². The molecule has 4 aromatic rings. The molecule has 1 aromatic heterocycles. The van der Waals surface area contributed by atoms with Gasteiger partial charge in [0.05, 0.1) is 6.61 Å². The largest absolute Gasteiger partial charge is 0.489 e. The summed E-state index contributed by atoms with van der Waals surface area (Å²) in [5.41, 5.74) is 2.50. The highest BCUT2D eigenvalue weighted by Crippen LogP contribution is 2.42. The molecule has 0 spiro atoms. The van der Waals surface area contributed by atoms with Crippen LogP contribution in [-0.2, 0) is 22.6 Å². The van der Waals surface area contributed by atoms with Crippen LogP contribution < -0.4 is 14.4 Å². The van der Waals surface area contributed by atoms with Crippen LogP contribution in [0.5, 0.6) is 10.8 Å². The van der Waals surface area contributed by atoms with Crippen LogP contribution in [-0.4, -0.2) is 42.9 Å². The highest BCUT2D eigenvalue weighted by molar-refractivity contribution is 7.17. The molecule has 0 atom stereocenters. The normalized spacial score (nSPS) is 12.2. The summed E-state index contributed by atoms with van der Waals surface area (Å²) in [6.45, 7) is 5.61. The Balaban J connectivity index is 1.64. The Morgan fingerprint density at radius 3 is 1.96 bits per heavy atom. The number of nitrogens with zero attached hydrogens (tertiary/aromatic N) is 4. The van der Waals surface area contributed by atoms with Crippen LogP contribution in [0.25, 0.3) is 0 Å². The molecule has 0 aliphatic heterocycles. The molecule has 1 heterocycles. The fraction of sp³-hybridized carbons (Fsp3) is 0.333. The molecule has 0 saturated carbocycles. The number of esters is 1. The molecule has 0 aliphatic rings. The number of alkyl halides is 5. The Hall–Kier alpha value is -2.98. The van der Waals surface area contributed by atoms with E-state index in [2.05, 4.69) is 19.9 Å². The van der Waals surface area contributed by atoms with E-state index in [-0.39, 0.29) is 29.8 Å². The summed E-state index contributed by atoms with van der Waals surface area (Å²) >= 11 is 31.6. The van der Waals surface area contributed by atoms with Crippen LogP contribution in [0.1, 0.15) is 31.4 Å². The standard InChI is InChI=1S/C33H28Cl5F5N4O4S/c1-18(2)17-49-5-6-50-27-13-25(47(15-19-7-21(34)11-22(35)8-19)16-20-9-23(36)12-24(37)10-20)3-4-26(27)45-46-31-44-29(38)30(52-31)51-28(48)14-32(39,40)33(41,42)43/h3-4,7-13,18H,5-6,14-17H2,1-2H3/b46-45+. The lowest BCUT2D eigenvalue weighted by Gasteiger charge is -2.26. The van der Waals surface area contributed by atoms with Gasteiger partial charge in [0.25, 0.3) is 0 Å². The maximum Gasteiger partial charge on any atom is 0.453 e. The lowest BCUT2D eigenvalue weighted by molar-refractivity contribution is -0.283. The number of azo groups is 1. The van der Waals surface area contributed by atoms with Gasteiger partial charge in [-0.05, 0) is 65.6 Å². The summed E-state index contributed by atoms with van der Waals surface area (Å²) in [7, 11) is 0. The summed E-state index contributed by atoms with van der Waals surface area (Å²) < 4.78 is 80.5. The smallest absolute Gasteiger partial charge is 0.453 e. The number of carbonyl (C=O) groups excluding carboxylic acids is 1. The van der Waals surface area contributed by atoms with E-state index in [0.717, 1.165) is 11.1 Å². The molecule has 3 aromatic carbocycles. The molecule has 0 saturated heterocycles. The second-order valence-electron chi connectivity index (χ2n) is 11.5. The van der Waals surface area contributed by atoms with E-state index in [9.17, 15) is 26.7 Å². The van der Waals surface area contributed by atoms with Crippen molar-refractivity contribution in [2.75, 3.05) is 24.7 Å². The molecule has 0 radical (unpaired) electrons. The van der Waals surface area contributed by atoms with Gasteiger partial charge in [-0.3, -0.25) is 4.79 Å². The van der Waals surface area contributed by atoms with E-state index in [4.69, 9.17) is 67.5 Å². The van der Waals surface area contributed by atoms with E-state index >= 15 is 0 Å². The maximum absolute atomic E-state index is 13.3. The minimum Gasteiger partial charge on any atom is -0.489 e. The van der Waals surface area contributed by atoms with Crippen molar-refractivity contribution in [1.82, 2.24) is 4.98 Å². The van der Waals surface area contributed by atoms with Gasteiger partial charge in [0.15, 0.2) is 5.15 Å². The molecular formula is C33H28Cl5F5N4O4S. The first-order valence-corrected chi connectivity index (χ1v) is 17.8. The molecule has 0 bridgehead atoms. The molecule has 8 nitrogen and oxygen atoms in total. The first-order chi connectivity index (χ1) is 24.4. The van der Waals surface area contributed by atoms with Crippen LogP contribution in [0.4, 0.5) is 38.5 Å². The number of halogens is 10. The third-order valence-electron chi connectivity index (χ3n) is 6.61. The van der Waals surface area contributed by atoms with E-state index in [1.54, 1.807) is 54.6 Å². The zero-order valence-corrected chi connectivity index (χ0v) is 31.7. The highest BCUT2D eigenvalue weighted by Gasteiger charge is 2.58. The van der Waals surface area contributed by atoms with Gasteiger partial charge in [0, 0.05) is 51.5 Å². The predicted molar refractivity (Wildman–Crippen MR) is 193 cm³/mol. The highest BCUT2D eigenvalue weighted by atomic mass is 35.5. The third-order valence-corrected chi connectivity index (χ3v) is 8.67. The Morgan fingerprint density at radius 2 is 1.42 bits per heavy atom. The van der Waals surface area contributed by atoms with Crippen molar-refractivity contribution in [2.45, 2.75) is 45.5 Å². The molecule has 4 rings (SSSR count). The monoisotopic (exact) mass is 846 g/mol. The number of ether oxygens (including phenoxy) is 3. The minimum absolute atomic E-state index is 0.137. The molecule has 19 heteroatoms. The number of anilines is 1. The SMILES string of the molecule is CC(C)COCCOc1cc(N(Cc2cc(Cl)cc(Cl)c2)Cc2cc(Cl)cc(Cl)c2)ccc1/N=N/c1nc(Cl)c(OC(=O)CC(F)(F)C(F)(F)F)s1. The molecule has 0 fully saturated rings. The van der Waals surface area contributed by atoms with Crippen LogP contribution in [0.2, 0.25) is 25.2 Å². The lowest BCUT2D eigenvalue weighted by atomic mass is 10.1. The number of benzene rings is 3. The molecule has 52 heavy (non-hydrogen) atoms. The van der Waals surface area contributed by atoms with Crippen molar-refractivity contribution >= 4 is 91.8 Å². The quantitative estimate of drug-likeness (QED) is 0.0483. The van der Waals surface area contributed by atoms with Crippen molar-refractivity contribution in [2.24, 2.45) is 16.1 Å². The second-order valence-corrected chi connectivity index (χ2v) is 14.6. The summed E-state index contributed by atoms with van der Waals surface area (Å²) in [4.78, 5) is 17.7. The topological polar surface area (TPSA) is 85.6 Å². The zero-order valence-electron chi connectivity index (χ0n) is 27.1. The fourth-order valence-electron chi connectivity index (χ4n) is 4.41. The van der Waals surface area contributed by atoms with Crippen molar-refractivity contribution in [3.8, 4) is 10.8 Å². The molecule has 0 aliphatic carbocycles. The number of aromatic nitrogens is 1. The molecule has 0 amide bonds. The van der Waals surface area contributed by atoms with E-state index < -0.39 is 34.7 Å². The van der Waals surface area contributed by atoms with Gasteiger partial charge in [-0.2, -0.15) is 22.0 Å². The predicted octanol–water partition coefficient (Wildman–Crippen LogP) is 12.6. The van der Waals surface area contributed by atoms with Crippen molar-refractivity contribution < 1.29 is 41.0 Å². The first kappa shape index (κ1) is 41.8. The number of hydrogen-bond acceptors (Lipinski definition) is 9.